The minimum Gasteiger partial charge on any atom is -0.350 e. The molecule has 1 aliphatic rings. The average Bonchev–Trinajstić information content (AvgIpc) is 2.94. The molecule has 1 unspecified atom stereocenters. The Labute approximate surface area is 173 Å². The van der Waals surface area contributed by atoms with Crippen molar-refractivity contribution in [1.82, 2.24) is 15.5 Å². The van der Waals surface area contributed by atoms with Crippen molar-refractivity contribution in [3.63, 3.8) is 0 Å². The first kappa shape index (κ1) is 20.8. The lowest BCUT2D eigenvalue weighted by atomic mass is 9.87. The van der Waals surface area contributed by atoms with Crippen molar-refractivity contribution in [3.05, 3.63) is 70.0 Å². The number of nitrogens with one attached hydrogen (secondary N) is 2. The molecule has 2 N–H and O–H groups in total. The number of aryl methyl sites for hydroxylation is 1. The van der Waals surface area contributed by atoms with Gasteiger partial charge in [-0.3, -0.25) is 14.5 Å². The van der Waals surface area contributed by atoms with Crippen molar-refractivity contribution >= 4 is 29.4 Å². The van der Waals surface area contributed by atoms with Gasteiger partial charge in [0, 0.05) is 11.6 Å². The maximum atomic E-state index is 13.6. The maximum absolute atomic E-state index is 13.6. The van der Waals surface area contributed by atoms with Crippen LogP contribution in [0.2, 0.25) is 5.02 Å². The van der Waals surface area contributed by atoms with Crippen LogP contribution in [0.25, 0.3) is 0 Å². The largest absolute Gasteiger partial charge is 0.350 e. The number of carbonyl (C=O) groups is 3. The highest BCUT2D eigenvalue weighted by Crippen LogP contribution is 2.33. The number of urea groups is 1. The van der Waals surface area contributed by atoms with Crippen LogP contribution in [0, 0.1) is 12.7 Å². The molecule has 1 heterocycles. The first-order chi connectivity index (χ1) is 13.8. The number of hydrogen-bond acceptors (Lipinski definition) is 3. The molecule has 2 aromatic carbocycles. The third-order valence-corrected chi connectivity index (χ3v) is 5.32. The molecule has 1 saturated heterocycles. The van der Waals surface area contributed by atoms with Crippen LogP contribution in [0.1, 0.15) is 30.0 Å². The number of benzene rings is 2. The Morgan fingerprint density at radius 1 is 1.21 bits per heavy atom. The minimum atomic E-state index is -1.23. The quantitative estimate of drug-likeness (QED) is 0.708. The molecule has 1 fully saturated rings. The Hall–Kier alpha value is -2.93. The van der Waals surface area contributed by atoms with E-state index < -0.39 is 29.9 Å². The number of amides is 4. The summed E-state index contributed by atoms with van der Waals surface area (Å²) in [5.74, 6) is -1.37. The summed E-state index contributed by atoms with van der Waals surface area (Å²) < 4.78 is 13.6. The van der Waals surface area contributed by atoms with E-state index in [1.54, 1.807) is 50.2 Å². The summed E-state index contributed by atoms with van der Waals surface area (Å²) in [6, 6.07) is 10.7. The number of carbonyl (C=O) groups excluding carboxylic acids is 3. The molecule has 29 heavy (non-hydrogen) atoms. The fourth-order valence-electron chi connectivity index (χ4n) is 3.29. The van der Waals surface area contributed by atoms with Crippen LogP contribution >= 0.6 is 11.6 Å². The van der Waals surface area contributed by atoms with E-state index in [4.69, 9.17) is 11.6 Å². The molecule has 4 amide bonds. The van der Waals surface area contributed by atoms with E-state index in [1.807, 2.05) is 0 Å². The Bertz CT molecular complexity index is 964. The fourth-order valence-corrected chi connectivity index (χ4v) is 3.42. The molecule has 8 heteroatoms. The summed E-state index contributed by atoms with van der Waals surface area (Å²) in [6.45, 7) is 3.10. The van der Waals surface area contributed by atoms with Crippen LogP contribution in [0.4, 0.5) is 9.18 Å². The lowest BCUT2D eigenvalue weighted by molar-refractivity contribution is -0.135. The molecular formula is C21H21ClFN3O3. The lowest BCUT2D eigenvalue weighted by Crippen LogP contribution is -2.44. The van der Waals surface area contributed by atoms with Gasteiger partial charge in [-0.05, 0) is 48.2 Å². The van der Waals surface area contributed by atoms with Crippen molar-refractivity contribution in [3.8, 4) is 0 Å². The molecule has 2 aromatic rings. The van der Waals surface area contributed by atoms with Crippen molar-refractivity contribution in [2.45, 2.75) is 32.4 Å². The smallest absolute Gasteiger partial charge is 0.325 e. The number of nitrogens with zero attached hydrogens (tertiary/aromatic N) is 1. The molecule has 1 atom stereocenters. The van der Waals surface area contributed by atoms with E-state index in [0.717, 1.165) is 4.90 Å². The van der Waals surface area contributed by atoms with Gasteiger partial charge >= 0.3 is 6.03 Å². The summed E-state index contributed by atoms with van der Waals surface area (Å²) in [4.78, 5) is 38.6. The third kappa shape index (κ3) is 4.10. The molecule has 0 spiro atoms. The summed E-state index contributed by atoms with van der Waals surface area (Å²) in [6.07, 6.45) is 0.319. The normalized spacial score (nSPS) is 18.7. The van der Waals surface area contributed by atoms with Gasteiger partial charge in [-0.15, -0.1) is 0 Å². The molecule has 0 bridgehead atoms. The molecule has 0 aliphatic carbocycles. The maximum Gasteiger partial charge on any atom is 0.325 e. The highest BCUT2D eigenvalue weighted by atomic mass is 35.5. The van der Waals surface area contributed by atoms with Gasteiger partial charge in [0.1, 0.15) is 17.9 Å². The summed E-state index contributed by atoms with van der Waals surface area (Å²) >= 11 is 5.91. The minimum absolute atomic E-state index is 0.0930. The van der Waals surface area contributed by atoms with Gasteiger partial charge in [0.25, 0.3) is 5.91 Å². The first-order valence-electron chi connectivity index (χ1n) is 9.18. The molecular weight excluding hydrogens is 397 g/mol. The molecule has 0 aromatic heterocycles. The van der Waals surface area contributed by atoms with Gasteiger partial charge in [0.2, 0.25) is 5.91 Å². The number of halogens is 2. The second kappa shape index (κ2) is 8.21. The van der Waals surface area contributed by atoms with Crippen molar-refractivity contribution < 1.29 is 18.8 Å². The van der Waals surface area contributed by atoms with Gasteiger partial charge in [-0.2, -0.15) is 0 Å². The van der Waals surface area contributed by atoms with Gasteiger partial charge in [-0.25, -0.2) is 9.18 Å². The molecule has 0 radical (unpaired) electrons. The fraction of sp³-hybridized carbons (Fsp3) is 0.286. The van der Waals surface area contributed by atoms with Crippen molar-refractivity contribution in [1.29, 1.82) is 0 Å². The van der Waals surface area contributed by atoms with Gasteiger partial charge < -0.3 is 10.6 Å². The zero-order chi connectivity index (χ0) is 21.2. The molecule has 3 rings (SSSR count). The SMILES string of the molecule is CCC1(c2ccc(Cl)cc2)NC(=O)N(CC(=O)NCc2ccc(C)c(F)c2)C1=O. The van der Waals surface area contributed by atoms with E-state index in [2.05, 4.69) is 10.6 Å². The standard InChI is InChI=1S/C21H21ClFN3O3/c1-3-21(15-6-8-16(22)9-7-15)19(28)26(20(29)25-21)12-18(27)24-11-14-5-4-13(2)17(23)10-14/h4-10H,3,11-12H2,1-2H3,(H,24,27)(H,25,29). The topological polar surface area (TPSA) is 78.5 Å². The zero-order valence-corrected chi connectivity index (χ0v) is 16.8. The zero-order valence-electron chi connectivity index (χ0n) is 16.1. The van der Waals surface area contributed by atoms with Gasteiger partial charge in [0.15, 0.2) is 0 Å². The number of hydrogen-bond donors (Lipinski definition) is 2. The molecule has 1 aliphatic heterocycles. The Morgan fingerprint density at radius 3 is 2.52 bits per heavy atom. The number of imide groups is 1. The predicted molar refractivity (Wildman–Crippen MR) is 107 cm³/mol. The van der Waals surface area contributed by atoms with E-state index in [1.165, 1.54) is 6.07 Å². The Morgan fingerprint density at radius 2 is 1.90 bits per heavy atom. The third-order valence-electron chi connectivity index (χ3n) is 5.07. The summed E-state index contributed by atoms with van der Waals surface area (Å²) in [7, 11) is 0. The molecule has 152 valence electrons. The van der Waals surface area contributed by atoms with Crippen LogP contribution in [0.5, 0.6) is 0 Å². The van der Waals surface area contributed by atoms with Crippen LogP contribution in [-0.2, 0) is 21.7 Å². The van der Waals surface area contributed by atoms with E-state index in [-0.39, 0.29) is 12.4 Å². The number of rotatable bonds is 6. The summed E-state index contributed by atoms with van der Waals surface area (Å²) in [5.41, 5.74) is 0.461. The Balaban J connectivity index is 1.69. The second-order valence-electron chi connectivity index (χ2n) is 6.95. The van der Waals surface area contributed by atoms with Crippen molar-refractivity contribution in [2.75, 3.05) is 6.54 Å². The van der Waals surface area contributed by atoms with Gasteiger partial charge in [0.05, 0.1) is 0 Å². The highest BCUT2D eigenvalue weighted by Gasteiger charge is 2.51. The van der Waals surface area contributed by atoms with Gasteiger partial charge in [-0.1, -0.05) is 42.8 Å². The van der Waals surface area contributed by atoms with Crippen LogP contribution < -0.4 is 10.6 Å². The second-order valence-corrected chi connectivity index (χ2v) is 7.38. The molecule has 0 saturated carbocycles. The monoisotopic (exact) mass is 417 g/mol. The average molecular weight is 418 g/mol. The van der Waals surface area contributed by atoms with E-state index in [0.29, 0.717) is 28.1 Å². The van der Waals surface area contributed by atoms with E-state index >= 15 is 0 Å². The van der Waals surface area contributed by atoms with Crippen LogP contribution in [0.15, 0.2) is 42.5 Å². The Kier molecular flexibility index (Phi) is 5.88. The van der Waals surface area contributed by atoms with E-state index in [9.17, 15) is 18.8 Å². The predicted octanol–water partition coefficient (Wildman–Crippen LogP) is 3.26. The highest BCUT2D eigenvalue weighted by molar-refractivity contribution is 6.30. The summed E-state index contributed by atoms with van der Waals surface area (Å²) in [5, 5.41) is 5.83. The van der Waals surface area contributed by atoms with Crippen LogP contribution in [-0.4, -0.2) is 29.3 Å². The van der Waals surface area contributed by atoms with Crippen molar-refractivity contribution in [2.24, 2.45) is 0 Å². The van der Waals surface area contributed by atoms with Crippen LogP contribution in [0.3, 0.4) is 0 Å². The lowest BCUT2D eigenvalue weighted by Gasteiger charge is -2.25. The first-order valence-corrected chi connectivity index (χ1v) is 9.56. The molecule has 6 nitrogen and oxygen atoms in total.